The molecule has 0 aliphatic heterocycles. The summed E-state index contributed by atoms with van der Waals surface area (Å²) >= 11 is 3.16. The summed E-state index contributed by atoms with van der Waals surface area (Å²) in [5.74, 6) is 0.643. The van der Waals surface area contributed by atoms with Crippen LogP contribution in [0, 0.1) is 34.1 Å². The molecule has 4 aromatic rings. The van der Waals surface area contributed by atoms with Gasteiger partial charge in [-0.3, -0.25) is 20.2 Å². The third-order valence-corrected chi connectivity index (χ3v) is 4.98. The first-order valence-corrected chi connectivity index (χ1v) is 9.70. The van der Waals surface area contributed by atoms with E-state index in [1.54, 1.807) is 38.1 Å². The Morgan fingerprint density at radius 1 is 0.800 bits per heavy atom. The molecule has 0 N–H and O–H groups in total. The summed E-state index contributed by atoms with van der Waals surface area (Å²) in [6, 6.07) is 19.6. The van der Waals surface area contributed by atoms with Gasteiger partial charge in [-0.2, -0.15) is 0 Å². The second kappa shape index (κ2) is 8.87. The third-order valence-electron chi connectivity index (χ3n) is 4.48. The molecule has 0 saturated heterocycles. The maximum Gasteiger partial charge on any atom is 0.273 e. The normalized spacial score (nSPS) is 10.4. The second-order valence-corrected chi connectivity index (χ2v) is 7.51. The predicted molar refractivity (Wildman–Crippen MR) is 119 cm³/mol. The van der Waals surface area contributed by atoms with Crippen molar-refractivity contribution in [3.05, 3.63) is 103 Å². The van der Waals surface area contributed by atoms with Gasteiger partial charge < -0.3 is 4.42 Å². The fraction of sp³-hybridized carbons (Fsp3) is 0.0909. The van der Waals surface area contributed by atoms with Gasteiger partial charge >= 0.3 is 0 Å². The Labute approximate surface area is 180 Å². The molecule has 8 heteroatoms. The minimum atomic E-state index is -0.389. The highest BCUT2D eigenvalue weighted by molar-refractivity contribution is 9.10. The zero-order valence-electron chi connectivity index (χ0n) is 16.2. The van der Waals surface area contributed by atoms with E-state index in [1.165, 1.54) is 6.07 Å². The number of nitro benzene ring substituents is 2. The van der Waals surface area contributed by atoms with Crippen LogP contribution in [0.2, 0.25) is 0 Å². The molecule has 0 amide bonds. The first-order chi connectivity index (χ1) is 14.3. The highest BCUT2D eigenvalue weighted by Gasteiger charge is 2.14. The molecule has 0 aliphatic rings. The number of benzene rings is 3. The third kappa shape index (κ3) is 4.72. The van der Waals surface area contributed by atoms with Crippen LogP contribution in [0.5, 0.6) is 0 Å². The molecule has 0 atom stereocenters. The number of nitrogens with zero attached hydrogens (tertiary/aromatic N) is 2. The minimum absolute atomic E-state index is 0.109. The van der Waals surface area contributed by atoms with E-state index in [0.29, 0.717) is 22.5 Å². The smallest absolute Gasteiger partial charge is 0.273 e. The summed E-state index contributed by atoms with van der Waals surface area (Å²) in [5.41, 5.74) is 3.08. The highest BCUT2D eigenvalue weighted by Crippen LogP contribution is 2.31. The Balaban J connectivity index is 0.000000199. The molecule has 0 radical (unpaired) electrons. The van der Waals surface area contributed by atoms with E-state index in [9.17, 15) is 20.2 Å². The van der Waals surface area contributed by atoms with Crippen molar-refractivity contribution < 1.29 is 14.3 Å². The fourth-order valence-electron chi connectivity index (χ4n) is 2.86. The molecule has 1 aromatic heterocycles. The van der Waals surface area contributed by atoms with Crippen LogP contribution in [0.15, 0.2) is 75.6 Å². The minimum Gasteiger partial charge on any atom is -0.456 e. The van der Waals surface area contributed by atoms with Crippen molar-refractivity contribution >= 4 is 38.3 Å². The van der Waals surface area contributed by atoms with Crippen molar-refractivity contribution in [3.63, 3.8) is 0 Å². The number of hydrogen-bond acceptors (Lipinski definition) is 5. The molecule has 0 aliphatic carbocycles. The number of nitro groups is 2. The van der Waals surface area contributed by atoms with E-state index < -0.39 is 0 Å². The molecule has 0 bridgehead atoms. The van der Waals surface area contributed by atoms with Gasteiger partial charge in [-0.05, 0) is 32.0 Å². The zero-order chi connectivity index (χ0) is 21.8. The van der Waals surface area contributed by atoms with Crippen LogP contribution in [0.3, 0.4) is 0 Å². The number of hydrogen-bond donors (Lipinski definition) is 0. The van der Waals surface area contributed by atoms with E-state index in [0.717, 1.165) is 15.4 Å². The lowest BCUT2D eigenvalue weighted by atomic mass is 10.1. The molecule has 0 fully saturated rings. The molecule has 152 valence electrons. The van der Waals surface area contributed by atoms with Gasteiger partial charge in [0.05, 0.1) is 9.85 Å². The van der Waals surface area contributed by atoms with Gasteiger partial charge in [0.2, 0.25) is 0 Å². The number of para-hydroxylation sites is 1. The van der Waals surface area contributed by atoms with Crippen molar-refractivity contribution in [3.8, 4) is 11.3 Å². The lowest BCUT2D eigenvalue weighted by molar-refractivity contribution is -0.385. The van der Waals surface area contributed by atoms with Gasteiger partial charge in [-0.1, -0.05) is 52.3 Å². The molecule has 0 spiro atoms. The molecule has 1 heterocycles. The van der Waals surface area contributed by atoms with Gasteiger partial charge in [0.25, 0.3) is 11.4 Å². The van der Waals surface area contributed by atoms with Gasteiger partial charge in [0.15, 0.2) is 0 Å². The van der Waals surface area contributed by atoms with Crippen LogP contribution in [-0.2, 0) is 0 Å². The Morgan fingerprint density at radius 3 is 2.00 bits per heavy atom. The van der Waals surface area contributed by atoms with Crippen LogP contribution in [-0.4, -0.2) is 9.85 Å². The topological polar surface area (TPSA) is 99.4 Å². The molecule has 0 unspecified atom stereocenters. The maximum absolute atomic E-state index is 11.0. The molecule has 30 heavy (non-hydrogen) atoms. The van der Waals surface area contributed by atoms with Crippen LogP contribution in [0.4, 0.5) is 11.4 Å². The van der Waals surface area contributed by atoms with E-state index >= 15 is 0 Å². The SMILES string of the molecule is Cc1ccc(-c2cc3ccccc3o2)cc1[N+](=O)[O-].Cc1ccc(Br)cc1[N+](=O)[O-]. The molecule has 0 saturated carbocycles. The number of fused-ring (bicyclic) bond motifs is 1. The quantitative estimate of drug-likeness (QED) is 0.238. The molecule has 4 rings (SSSR count). The van der Waals surface area contributed by atoms with Crippen LogP contribution < -0.4 is 0 Å². The Kier molecular flexibility index (Phi) is 6.27. The summed E-state index contributed by atoms with van der Waals surface area (Å²) < 4.78 is 6.44. The number of rotatable bonds is 3. The van der Waals surface area contributed by atoms with Crippen LogP contribution >= 0.6 is 15.9 Å². The monoisotopic (exact) mass is 468 g/mol. The van der Waals surface area contributed by atoms with Gasteiger partial charge in [0, 0.05) is 38.7 Å². The van der Waals surface area contributed by atoms with Crippen molar-refractivity contribution in [2.45, 2.75) is 13.8 Å². The van der Waals surface area contributed by atoms with E-state index in [1.807, 2.05) is 36.4 Å². The summed E-state index contributed by atoms with van der Waals surface area (Å²) in [7, 11) is 0. The Morgan fingerprint density at radius 2 is 1.40 bits per heavy atom. The van der Waals surface area contributed by atoms with Gasteiger partial charge in [-0.15, -0.1) is 0 Å². The molecular weight excluding hydrogens is 452 g/mol. The number of furan rings is 1. The van der Waals surface area contributed by atoms with Crippen molar-refractivity contribution in [2.75, 3.05) is 0 Å². The summed E-state index contributed by atoms with van der Waals surface area (Å²) in [4.78, 5) is 20.5. The lowest BCUT2D eigenvalue weighted by Crippen LogP contribution is -1.91. The average molecular weight is 469 g/mol. The molecular formula is C22H17BrN2O5. The van der Waals surface area contributed by atoms with Gasteiger partial charge in [0.1, 0.15) is 11.3 Å². The van der Waals surface area contributed by atoms with E-state index in [-0.39, 0.29) is 21.2 Å². The van der Waals surface area contributed by atoms with E-state index in [4.69, 9.17) is 4.42 Å². The predicted octanol–water partition coefficient (Wildman–Crippen LogP) is 6.98. The first kappa shape index (κ1) is 21.2. The summed E-state index contributed by atoms with van der Waals surface area (Å²) in [6.45, 7) is 3.44. The standard InChI is InChI=1S/C15H11NO3.C7H6BrNO2/c1-10-6-7-12(8-13(10)16(17)18)15-9-11-4-2-3-5-14(11)19-15;1-5-2-3-6(8)4-7(5)9(10)11/h2-9H,1H3;2-4H,1H3. The summed E-state index contributed by atoms with van der Waals surface area (Å²) in [5, 5.41) is 22.3. The van der Waals surface area contributed by atoms with Crippen molar-refractivity contribution in [2.24, 2.45) is 0 Å². The second-order valence-electron chi connectivity index (χ2n) is 6.59. The van der Waals surface area contributed by atoms with Crippen molar-refractivity contribution in [1.82, 2.24) is 0 Å². The van der Waals surface area contributed by atoms with Crippen LogP contribution in [0.1, 0.15) is 11.1 Å². The molecule has 3 aromatic carbocycles. The highest BCUT2D eigenvalue weighted by atomic mass is 79.9. The lowest BCUT2D eigenvalue weighted by Gasteiger charge is -2.00. The fourth-order valence-corrected chi connectivity index (χ4v) is 3.21. The maximum atomic E-state index is 11.0. The number of aryl methyl sites for hydroxylation is 2. The average Bonchev–Trinajstić information content (AvgIpc) is 3.14. The zero-order valence-corrected chi connectivity index (χ0v) is 17.8. The summed E-state index contributed by atoms with van der Waals surface area (Å²) in [6.07, 6.45) is 0. The van der Waals surface area contributed by atoms with Gasteiger partial charge in [-0.25, -0.2) is 0 Å². The number of halogens is 1. The van der Waals surface area contributed by atoms with Crippen LogP contribution in [0.25, 0.3) is 22.3 Å². The van der Waals surface area contributed by atoms with E-state index in [2.05, 4.69) is 15.9 Å². The first-order valence-electron chi connectivity index (χ1n) is 8.91. The Bertz CT molecular complexity index is 1220. The largest absolute Gasteiger partial charge is 0.456 e. The Hall–Kier alpha value is -3.52. The van der Waals surface area contributed by atoms with Crippen molar-refractivity contribution in [1.29, 1.82) is 0 Å². The molecule has 7 nitrogen and oxygen atoms in total.